The van der Waals surface area contributed by atoms with Gasteiger partial charge in [0.25, 0.3) is 0 Å². The maximum Gasteiger partial charge on any atom is 0.439 e. The van der Waals surface area contributed by atoms with Crippen molar-refractivity contribution >= 4 is 17.0 Å². The van der Waals surface area contributed by atoms with Crippen LogP contribution in [-0.2, 0) is 16.9 Å². The lowest BCUT2D eigenvalue weighted by Crippen LogP contribution is -2.39. The highest BCUT2D eigenvalue weighted by atomic mass is 16.5. The van der Waals surface area contributed by atoms with Gasteiger partial charge in [0.05, 0.1) is 0 Å². The molecule has 0 bridgehead atoms. The van der Waals surface area contributed by atoms with Crippen molar-refractivity contribution in [2.24, 2.45) is 23.7 Å². The van der Waals surface area contributed by atoms with Gasteiger partial charge < -0.3 is 19.7 Å². The number of nitrogens with zero attached hydrogens (tertiary/aromatic N) is 5. The van der Waals surface area contributed by atoms with E-state index in [0.717, 1.165) is 43.7 Å². The highest BCUT2D eigenvalue weighted by Gasteiger charge is 2.41. The number of ether oxygens (including phenoxy) is 1. The fourth-order valence-corrected chi connectivity index (χ4v) is 6.62. The minimum absolute atomic E-state index is 0.0258. The zero-order valence-corrected chi connectivity index (χ0v) is 23.3. The molecule has 3 N–H and O–H groups in total. The van der Waals surface area contributed by atoms with E-state index < -0.39 is 11.4 Å². The second kappa shape index (κ2) is 10.6. The summed E-state index contributed by atoms with van der Waals surface area (Å²) in [6, 6.07) is 0.208. The Bertz CT molecular complexity index is 1340. The van der Waals surface area contributed by atoms with Crippen molar-refractivity contribution in [3.8, 4) is 11.6 Å². The Labute approximate surface area is 228 Å². The number of H-pyrrole nitrogens is 1. The van der Waals surface area contributed by atoms with E-state index in [-0.39, 0.29) is 23.6 Å². The predicted octanol–water partition coefficient (Wildman–Crippen LogP) is 4.23. The average molecular weight is 540 g/mol. The Balaban J connectivity index is 1.49. The normalized spacial score (nSPS) is 25.3. The highest BCUT2D eigenvalue weighted by molar-refractivity contribution is 5.86. The van der Waals surface area contributed by atoms with Gasteiger partial charge in [0.1, 0.15) is 16.9 Å². The number of fused-ring (bicyclic) bond motifs is 1. The monoisotopic (exact) mass is 539 g/mol. The lowest BCUT2D eigenvalue weighted by molar-refractivity contribution is -0.0654. The molecule has 6 rings (SSSR count). The lowest BCUT2D eigenvalue weighted by Gasteiger charge is -2.36. The largest absolute Gasteiger partial charge is 0.439 e. The first-order valence-corrected chi connectivity index (χ1v) is 14.7. The third-order valence-corrected chi connectivity index (χ3v) is 9.52. The van der Waals surface area contributed by atoms with Gasteiger partial charge in [0.2, 0.25) is 11.6 Å². The molecule has 3 fully saturated rings. The Kier molecular flexibility index (Phi) is 7.22. The predicted molar refractivity (Wildman–Crippen MR) is 146 cm³/mol. The highest BCUT2D eigenvalue weighted by Crippen LogP contribution is 2.40. The van der Waals surface area contributed by atoms with Crippen LogP contribution in [0.1, 0.15) is 84.4 Å². The van der Waals surface area contributed by atoms with E-state index in [1.807, 2.05) is 6.92 Å². The van der Waals surface area contributed by atoms with Gasteiger partial charge in [-0.2, -0.15) is 0 Å². The van der Waals surface area contributed by atoms with Crippen molar-refractivity contribution in [3.63, 3.8) is 0 Å². The lowest BCUT2D eigenvalue weighted by atomic mass is 9.80. The second-order valence-corrected chi connectivity index (χ2v) is 12.3. The van der Waals surface area contributed by atoms with Crippen molar-refractivity contribution in [3.05, 3.63) is 16.4 Å². The average Bonchev–Trinajstić information content (AvgIpc) is 3.49. The number of rotatable bonds is 8. The van der Waals surface area contributed by atoms with Gasteiger partial charge in [-0.1, -0.05) is 31.3 Å². The second-order valence-electron chi connectivity index (χ2n) is 12.3. The summed E-state index contributed by atoms with van der Waals surface area (Å²) in [6.45, 7) is 8.44. The molecule has 1 aliphatic heterocycles. The van der Waals surface area contributed by atoms with Crippen molar-refractivity contribution in [2.45, 2.75) is 96.7 Å². The van der Waals surface area contributed by atoms with E-state index >= 15 is 0 Å². The maximum atomic E-state index is 12.1. The Morgan fingerprint density at radius 2 is 1.85 bits per heavy atom. The van der Waals surface area contributed by atoms with Crippen LogP contribution in [0.25, 0.3) is 22.8 Å². The molecule has 11 heteroatoms. The smallest absolute Gasteiger partial charge is 0.382 e. The molecule has 3 aromatic rings. The Morgan fingerprint density at radius 1 is 1.10 bits per heavy atom. The van der Waals surface area contributed by atoms with Crippen LogP contribution in [0.4, 0.5) is 5.82 Å². The van der Waals surface area contributed by atoms with Gasteiger partial charge in [0, 0.05) is 25.8 Å². The zero-order valence-electron chi connectivity index (χ0n) is 23.3. The van der Waals surface area contributed by atoms with Crippen molar-refractivity contribution in [2.75, 3.05) is 18.5 Å². The molecule has 1 saturated heterocycles. The molecule has 4 heterocycles. The van der Waals surface area contributed by atoms with E-state index in [2.05, 4.69) is 33.9 Å². The topological polar surface area (TPSA) is 144 Å². The molecule has 2 saturated carbocycles. The maximum absolute atomic E-state index is 12.1. The summed E-state index contributed by atoms with van der Waals surface area (Å²) in [5.74, 6) is 2.87. The van der Waals surface area contributed by atoms with E-state index in [4.69, 9.17) is 24.2 Å². The van der Waals surface area contributed by atoms with Crippen molar-refractivity contribution in [1.29, 1.82) is 0 Å². The van der Waals surface area contributed by atoms with Gasteiger partial charge in [-0.05, 0) is 76.0 Å². The number of nitrogens with one attached hydrogen (secondary N) is 2. The van der Waals surface area contributed by atoms with Crippen LogP contribution in [0.5, 0.6) is 0 Å². The fourth-order valence-electron chi connectivity index (χ4n) is 6.62. The molecule has 0 amide bonds. The van der Waals surface area contributed by atoms with Crippen LogP contribution in [-0.4, -0.2) is 54.0 Å². The van der Waals surface area contributed by atoms with Crippen LogP contribution in [0, 0.1) is 23.7 Å². The molecule has 39 heavy (non-hydrogen) atoms. The Morgan fingerprint density at radius 3 is 2.49 bits per heavy atom. The fraction of sp³-hybridized carbons (Fsp3) is 0.750. The summed E-state index contributed by atoms with van der Waals surface area (Å²) >= 11 is 0. The number of aromatic amines is 1. The van der Waals surface area contributed by atoms with Crippen molar-refractivity contribution < 1.29 is 14.4 Å². The molecule has 2 atom stereocenters. The van der Waals surface area contributed by atoms with Gasteiger partial charge >= 0.3 is 5.76 Å². The zero-order chi connectivity index (χ0) is 27.1. The third-order valence-electron chi connectivity index (χ3n) is 9.52. The summed E-state index contributed by atoms with van der Waals surface area (Å²) in [7, 11) is 0. The van der Waals surface area contributed by atoms with E-state index in [1.165, 1.54) is 32.1 Å². The van der Waals surface area contributed by atoms with Gasteiger partial charge in [-0.15, -0.1) is 0 Å². The molecule has 0 aromatic carbocycles. The molecule has 0 radical (unpaired) electrons. The number of anilines is 1. The van der Waals surface area contributed by atoms with E-state index in [1.54, 1.807) is 0 Å². The SMILES string of the molecule is C[C@@H](Nc1nc(-c2noc(=O)[nH]2)nc2nc(C(C)(O)C3CCOCC3)n(C[C@H]3CC[C@H](C)CC3)c12)C1CCC1. The van der Waals surface area contributed by atoms with Crippen LogP contribution in [0.2, 0.25) is 0 Å². The number of aromatic nitrogens is 6. The molecule has 2 aliphatic carbocycles. The van der Waals surface area contributed by atoms with Gasteiger partial charge in [0.15, 0.2) is 11.5 Å². The minimum Gasteiger partial charge on any atom is -0.382 e. The first-order valence-electron chi connectivity index (χ1n) is 14.7. The summed E-state index contributed by atoms with van der Waals surface area (Å²) < 4.78 is 12.5. The number of hydrogen-bond donors (Lipinski definition) is 3. The molecule has 3 aromatic heterocycles. The number of imidazole rings is 1. The van der Waals surface area contributed by atoms with Crippen molar-refractivity contribution in [1.82, 2.24) is 29.7 Å². The first kappa shape index (κ1) is 26.4. The standard InChI is InChI=1S/C28H41N7O4/c1-16-7-9-18(10-8-16)15-35-21-22(29-17(2)19-5-4-6-19)30-24(25-33-27(36)39-34-25)31-23(21)32-26(35)28(3,37)20-11-13-38-14-12-20/h16-20,37H,4-15H2,1-3H3,(H,29,30,31)(H,33,34,36)/t16-,17-,18-,28?/m1/s1. The quantitative estimate of drug-likeness (QED) is 0.383. The summed E-state index contributed by atoms with van der Waals surface area (Å²) in [5.41, 5.74) is 0.126. The molecule has 212 valence electrons. The summed E-state index contributed by atoms with van der Waals surface area (Å²) in [4.78, 5) is 28.9. The molecule has 0 spiro atoms. The minimum atomic E-state index is -1.16. The summed E-state index contributed by atoms with van der Waals surface area (Å²) in [6.07, 6.45) is 9.91. The van der Waals surface area contributed by atoms with Gasteiger partial charge in [-0.3, -0.25) is 9.51 Å². The van der Waals surface area contributed by atoms with E-state index in [9.17, 15) is 9.90 Å². The molecule has 1 unspecified atom stereocenters. The molecule has 3 aliphatic rings. The number of hydrogen-bond acceptors (Lipinski definition) is 9. The molecule has 11 nitrogen and oxygen atoms in total. The molecular formula is C28H41N7O4. The van der Waals surface area contributed by atoms with Crippen LogP contribution < -0.4 is 11.1 Å². The van der Waals surface area contributed by atoms with Crippen LogP contribution in [0.3, 0.4) is 0 Å². The number of aliphatic hydroxyl groups is 1. The Hall–Kier alpha value is -2.79. The summed E-state index contributed by atoms with van der Waals surface area (Å²) in [5, 5.41) is 19.6. The van der Waals surface area contributed by atoms with E-state index in [0.29, 0.717) is 42.3 Å². The molecular weight excluding hydrogens is 498 g/mol. The van der Waals surface area contributed by atoms with Crippen LogP contribution >= 0.6 is 0 Å². The van der Waals surface area contributed by atoms with Gasteiger partial charge in [-0.25, -0.2) is 19.7 Å². The van der Waals surface area contributed by atoms with Crippen LogP contribution in [0.15, 0.2) is 9.32 Å². The third kappa shape index (κ3) is 5.23. The first-order chi connectivity index (χ1) is 18.8.